The largest absolute Gasteiger partial charge is 0.496 e. The number of rotatable bonds is 7. The highest BCUT2D eigenvalue weighted by atomic mass is 16.6. The molecule has 2 aromatic carbocycles. The Labute approximate surface area is 261 Å². The molecule has 1 saturated carbocycles. The van der Waals surface area contributed by atoms with Crippen molar-refractivity contribution in [3.8, 4) is 17.0 Å². The van der Waals surface area contributed by atoms with Crippen molar-refractivity contribution in [2.75, 3.05) is 45.6 Å². The summed E-state index contributed by atoms with van der Waals surface area (Å²) in [7, 11) is 1.69. The van der Waals surface area contributed by atoms with Crippen LogP contribution in [0.5, 0.6) is 5.75 Å². The summed E-state index contributed by atoms with van der Waals surface area (Å²) in [6.45, 7) is 5.44. The number of methoxy groups -OCH3 is 1. The molecule has 0 spiro atoms. The Balaban J connectivity index is 1.10. The molecule has 0 bridgehead atoms. The van der Waals surface area contributed by atoms with Gasteiger partial charge in [-0.3, -0.25) is 4.90 Å². The highest BCUT2D eigenvalue weighted by molar-refractivity contribution is 5.99. The van der Waals surface area contributed by atoms with Crippen LogP contribution in [0.1, 0.15) is 50.0 Å². The predicted molar refractivity (Wildman–Crippen MR) is 172 cm³/mol. The zero-order valence-electron chi connectivity index (χ0n) is 25.8. The van der Waals surface area contributed by atoms with Crippen LogP contribution >= 0.6 is 0 Å². The van der Waals surface area contributed by atoms with Crippen LogP contribution in [0.4, 0.5) is 10.6 Å². The van der Waals surface area contributed by atoms with Gasteiger partial charge in [0.1, 0.15) is 29.4 Å². The van der Waals surface area contributed by atoms with Gasteiger partial charge in [0.05, 0.1) is 36.2 Å². The fourth-order valence-corrected chi connectivity index (χ4v) is 6.93. The van der Waals surface area contributed by atoms with Gasteiger partial charge in [-0.1, -0.05) is 24.3 Å². The van der Waals surface area contributed by atoms with Gasteiger partial charge in [0.2, 0.25) is 0 Å². The van der Waals surface area contributed by atoms with Crippen LogP contribution < -0.4 is 10.5 Å². The number of hydrogen-bond donors (Lipinski definition) is 2. The average Bonchev–Trinajstić information content (AvgIpc) is 3.67. The van der Waals surface area contributed by atoms with Crippen molar-refractivity contribution in [1.82, 2.24) is 39.5 Å². The minimum absolute atomic E-state index is 0.205. The molecule has 12 nitrogen and oxygen atoms in total. The molecule has 1 aliphatic carbocycles. The summed E-state index contributed by atoms with van der Waals surface area (Å²) in [5, 5.41) is 5.92. The molecule has 5 aromatic rings. The monoisotopic (exact) mass is 609 g/mol. The van der Waals surface area contributed by atoms with Crippen LogP contribution in [0.3, 0.4) is 0 Å². The normalized spacial score (nSPS) is 19.3. The van der Waals surface area contributed by atoms with E-state index in [1.54, 1.807) is 7.11 Å². The lowest BCUT2D eigenvalue weighted by Crippen LogP contribution is -2.52. The number of nitrogens with two attached hydrogens (primary N) is 1. The topological polar surface area (TPSA) is 140 Å². The Morgan fingerprint density at radius 3 is 2.58 bits per heavy atom. The molecule has 2 aliphatic rings. The second-order valence-electron chi connectivity index (χ2n) is 11.8. The fourth-order valence-electron chi connectivity index (χ4n) is 6.93. The molecule has 7 rings (SSSR count). The Morgan fingerprint density at radius 1 is 1.02 bits per heavy atom. The lowest BCUT2D eigenvalue weighted by atomic mass is 9.90. The van der Waals surface area contributed by atoms with Crippen molar-refractivity contribution in [1.29, 1.82) is 0 Å². The summed E-state index contributed by atoms with van der Waals surface area (Å²) in [5.41, 5.74) is 11.8. The number of nitrogens with one attached hydrogen (secondary N) is 1. The third-order valence-electron chi connectivity index (χ3n) is 9.24. The maximum Gasteiger partial charge on any atom is 0.409 e. The quantitative estimate of drug-likeness (QED) is 0.266. The minimum Gasteiger partial charge on any atom is -0.496 e. The van der Waals surface area contributed by atoms with Crippen LogP contribution in [-0.4, -0.2) is 91.5 Å². The van der Waals surface area contributed by atoms with Crippen LogP contribution in [0, 0.1) is 0 Å². The molecule has 2 fully saturated rings. The molecular weight excluding hydrogens is 570 g/mol. The maximum atomic E-state index is 12.1. The highest BCUT2D eigenvalue weighted by Crippen LogP contribution is 2.37. The van der Waals surface area contributed by atoms with Crippen LogP contribution in [0.2, 0.25) is 0 Å². The van der Waals surface area contributed by atoms with Crippen LogP contribution in [0.15, 0.2) is 48.8 Å². The molecule has 0 radical (unpaired) electrons. The van der Waals surface area contributed by atoms with E-state index in [1.807, 2.05) is 42.2 Å². The zero-order chi connectivity index (χ0) is 30.9. The Morgan fingerprint density at radius 2 is 1.80 bits per heavy atom. The van der Waals surface area contributed by atoms with E-state index in [9.17, 15) is 4.79 Å². The van der Waals surface area contributed by atoms with Gasteiger partial charge in [0.15, 0.2) is 5.65 Å². The zero-order valence-corrected chi connectivity index (χ0v) is 25.8. The van der Waals surface area contributed by atoms with E-state index in [4.69, 9.17) is 25.3 Å². The number of fused-ring (bicyclic) bond motifs is 2. The molecule has 45 heavy (non-hydrogen) atoms. The number of benzene rings is 2. The van der Waals surface area contributed by atoms with Crippen molar-refractivity contribution < 1.29 is 14.3 Å². The summed E-state index contributed by atoms with van der Waals surface area (Å²) in [4.78, 5) is 33.8. The summed E-state index contributed by atoms with van der Waals surface area (Å²) < 4.78 is 12.8. The van der Waals surface area contributed by atoms with Gasteiger partial charge in [0.25, 0.3) is 0 Å². The number of carbonyl (C=O) groups is 1. The average molecular weight is 610 g/mol. The number of imidazole rings is 1. The Hall–Kier alpha value is -4.71. The molecule has 0 atom stereocenters. The molecule has 1 aliphatic heterocycles. The van der Waals surface area contributed by atoms with Crippen LogP contribution in [0.25, 0.3) is 33.3 Å². The molecule has 1 amide bonds. The number of nitrogens with zero attached hydrogens (tertiary/aromatic N) is 7. The number of nitrogen functional groups attached to an aromatic ring is 1. The van der Waals surface area contributed by atoms with E-state index in [0.29, 0.717) is 38.0 Å². The molecule has 12 heteroatoms. The SMILES string of the molecule is CCOC(=O)N1CCN(C2CCC(n3nc(-c4ccc5nc(Cc6ccccc6OC)[nH]c5c4)c4c(N)ncnc43)CC2)CC1. The Kier molecular flexibility index (Phi) is 7.97. The van der Waals surface area contributed by atoms with Gasteiger partial charge in [-0.2, -0.15) is 5.10 Å². The maximum absolute atomic E-state index is 12.1. The summed E-state index contributed by atoms with van der Waals surface area (Å²) >= 11 is 0. The van der Waals surface area contributed by atoms with E-state index in [0.717, 1.165) is 89.2 Å². The first-order valence-corrected chi connectivity index (χ1v) is 15.8. The number of para-hydroxylation sites is 1. The molecule has 234 valence electrons. The number of amides is 1. The second kappa shape index (κ2) is 12.4. The van der Waals surface area contributed by atoms with Crippen molar-refractivity contribution in [2.45, 2.75) is 51.1 Å². The van der Waals surface area contributed by atoms with Crippen LogP contribution in [-0.2, 0) is 11.2 Å². The molecule has 4 heterocycles. The van der Waals surface area contributed by atoms with Gasteiger partial charge < -0.3 is 25.1 Å². The van der Waals surface area contributed by atoms with Gasteiger partial charge in [-0.25, -0.2) is 24.4 Å². The number of H-pyrrole nitrogens is 1. The number of aromatic nitrogens is 6. The molecule has 1 saturated heterocycles. The van der Waals surface area contributed by atoms with Gasteiger partial charge in [0, 0.05) is 49.8 Å². The fraction of sp³-hybridized carbons (Fsp3) is 0.424. The number of ether oxygens (including phenoxy) is 2. The lowest BCUT2D eigenvalue weighted by Gasteiger charge is -2.41. The first-order valence-electron chi connectivity index (χ1n) is 15.8. The van der Waals surface area contributed by atoms with Crippen molar-refractivity contribution >= 4 is 34.0 Å². The smallest absolute Gasteiger partial charge is 0.409 e. The van der Waals surface area contributed by atoms with Gasteiger partial charge in [-0.15, -0.1) is 0 Å². The number of piperazine rings is 1. The summed E-state index contributed by atoms with van der Waals surface area (Å²) in [6.07, 6.45) is 6.08. The lowest BCUT2D eigenvalue weighted by molar-refractivity contribution is 0.0540. The number of aromatic amines is 1. The molecule has 0 unspecified atom stereocenters. The van der Waals surface area contributed by atoms with Gasteiger partial charge >= 0.3 is 6.09 Å². The van der Waals surface area contributed by atoms with E-state index in [-0.39, 0.29) is 12.1 Å². The minimum atomic E-state index is -0.205. The molecule has 3 N–H and O–H groups in total. The highest BCUT2D eigenvalue weighted by Gasteiger charge is 2.32. The van der Waals surface area contributed by atoms with E-state index < -0.39 is 0 Å². The summed E-state index contributed by atoms with van der Waals surface area (Å²) in [5.74, 6) is 2.14. The third-order valence-corrected chi connectivity index (χ3v) is 9.24. The number of hydrogen-bond acceptors (Lipinski definition) is 9. The summed E-state index contributed by atoms with van der Waals surface area (Å²) in [6, 6.07) is 14.9. The van der Waals surface area contributed by atoms with Gasteiger partial charge in [-0.05, 0) is 50.8 Å². The predicted octanol–water partition coefficient (Wildman–Crippen LogP) is 4.81. The van der Waals surface area contributed by atoms with E-state index in [2.05, 4.69) is 36.7 Å². The molecule has 3 aromatic heterocycles. The first kappa shape index (κ1) is 29.0. The van der Waals surface area contributed by atoms with Crippen molar-refractivity contribution in [3.63, 3.8) is 0 Å². The van der Waals surface area contributed by atoms with Crippen molar-refractivity contribution in [2.24, 2.45) is 0 Å². The first-order chi connectivity index (χ1) is 22.0. The van der Waals surface area contributed by atoms with Crippen molar-refractivity contribution in [3.05, 3.63) is 60.2 Å². The Bertz CT molecular complexity index is 1820. The number of anilines is 1. The third kappa shape index (κ3) is 5.66. The standard InChI is InChI=1S/C33H39N9O3/c1-3-45-33(43)41-16-14-40(15-17-41)23-9-11-24(12-10-23)42-32-29(31(34)35-20-36-32)30(39-42)22-8-13-25-26(18-22)38-28(37-25)19-21-6-4-5-7-27(21)44-2/h4-8,13,18,20,23-24H,3,9-12,14-17,19H2,1-2H3,(H,37,38)(H2,34,35,36). The van der Waals surface area contributed by atoms with E-state index >= 15 is 0 Å². The number of carbonyl (C=O) groups excluding carboxylic acids is 1. The molecular formula is C33H39N9O3. The van der Waals surface area contributed by atoms with E-state index in [1.165, 1.54) is 6.33 Å². The second-order valence-corrected chi connectivity index (χ2v) is 11.8.